The van der Waals surface area contributed by atoms with Gasteiger partial charge in [0.2, 0.25) is 5.91 Å². The van der Waals surface area contributed by atoms with E-state index in [4.69, 9.17) is 0 Å². The Labute approximate surface area is 131 Å². The van der Waals surface area contributed by atoms with E-state index in [-0.39, 0.29) is 11.6 Å². The molecule has 0 spiro atoms. The van der Waals surface area contributed by atoms with Gasteiger partial charge in [-0.05, 0) is 18.6 Å². The molecule has 0 atom stereocenters. The van der Waals surface area contributed by atoms with Gasteiger partial charge in [-0.25, -0.2) is 4.98 Å². The van der Waals surface area contributed by atoms with Crippen LogP contribution < -0.4 is 0 Å². The standard InChI is InChI=1S/C15H15N3O3S/c19-15-2-1-8-17(15)9-7-14-16-13(10-22-14)11-3-5-12(6-4-11)18(20)21/h3-6,10H,1-2,7-9H2. The number of aromatic nitrogens is 1. The largest absolute Gasteiger partial charge is 0.342 e. The second kappa shape index (κ2) is 6.23. The summed E-state index contributed by atoms with van der Waals surface area (Å²) in [5, 5.41) is 13.6. The van der Waals surface area contributed by atoms with Gasteiger partial charge in [-0.2, -0.15) is 0 Å². The van der Waals surface area contributed by atoms with Gasteiger partial charge in [0, 0.05) is 49.0 Å². The van der Waals surface area contributed by atoms with Crippen LogP contribution in [-0.4, -0.2) is 33.8 Å². The molecule has 1 aromatic carbocycles. The smallest absolute Gasteiger partial charge is 0.269 e. The fraction of sp³-hybridized carbons (Fsp3) is 0.333. The van der Waals surface area contributed by atoms with Crippen LogP contribution in [0, 0.1) is 10.1 Å². The summed E-state index contributed by atoms with van der Waals surface area (Å²) in [5.41, 5.74) is 1.76. The number of amides is 1. The number of likely N-dealkylation sites (tertiary alicyclic amines) is 1. The van der Waals surface area contributed by atoms with Crippen molar-refractivity contribution in [1.82, 2.24) is 9.88 Å². The first kappa shape index (κ1) is 14.6. The number of benzene rings is 1. The number of carbonyl (C=O) groups is 1. The molecule has 1 aromatic heterocycles. The lowest BCUT2D eigenvalue weighted by atomic mass is 10.1. The Morgan fingerprint density at radius 1 is 1.32 bits per heavy atom. The van der Waals surface area contributed by atoms with Crippen LogP contribution in [0.3, 0.4) is 0 Å². The van der Waals surface area contributed by atoms with E-state index >= 15 is 0 Å². The average molecular weight is 317 g/mol. The minimum Gasteiger partial charge on any atom is -0.342 e. The minimum absolute atomic E-state index is 0.0757. The summed E-state index contributed by atoms with van der Waals surface area (Å²) in [7, 11) is 0. The molecule has 1 aliphatic heterocycles. The van der Waals surface area contributed by atoms with Crippen molar-refractivity contribution < 1.29 is 9.72 Å². The highest BCUT2D eigenvalue weighted by molar-refractivity contribution is 7.09. The predicted octanol–water partition coefficient (Wildman–Crippen LogP) is 2.88. The summed E-state index contributed by atoms with van der Waals surface area (Å²) in [5.74, 6) is 0.229. The Morgan fingerprint density at radius 3 is 2.73 bits per heavy atom. The van der Waals surface area contributed by atoms with E-state index in [0.29, 0.717) is 13.0 Å². The highest BCUT2D eigenvalue weighted by Crippen LogP contribution is 2.24. The zero-order valence-corrected chi connectivity index (χ0v) is 12.7. The normalized spacial score (nSPS) is 14.5. The lowest BCUT2D eigenvalue weighted by molar-refractivity contribution is -0.384. The van der Waals surface area contributed by atoms with Gasteiger partial charge in [0.15, 0.2) is 0 Å². The zero-order chi connectivity index (χ0) is 15.5. The third-order valence-electron chi connectivity index (χ3n) is 3.69. The van der Waals surface area contributed by atoms with E-state index in [2.05, 4.69) is 4.98 Å². The minimum atomic E-state index is -0.413. The maximum absolute atomic E-state index is 11.6. The van der Waals surface area contributed by atoms with Crippen molar-refractivity contribution >= 4 is 22.9 Å². The van der Waals surface area contributed by atoms with Gasteiger partial charge >= 0.3 is 0 Å². The second-order valence-corrected chi connectivity index (χ2v) is 6.11. The Morgan fingerprint density at radius 2 is 2.09 bits per heavy atom. The fourth-order valence-corrected chi connectivity index (χ4v) is 3.28. The predicted molar refractivity (Wildman–Crippen MR) is 83.7 cm³/mol. The molecule has 114 valence electrons. The summed E-state index contributed by atoms with van der Waals surface area (Å²) in [6.45, 7) is 1.56. The van der Waals surface area contributed by atoms with E-state index in [1.165, 1.54) is 12.1 Å². The maximum Gasteiger partial charge on any atom is 0.269 e. The summed E-state index contributed by atoms with van der Waals surface area (Å²) >= 11 is 1.56. The van der Waals surface area contributed by atoms with Crippen molar-refractivity contribution in [3.05, 3.63) is 44.8 Å². The van der Waals surface area contributed by atoms with Crippen molar-refractivity contribution in [2.45, 2.75) is 19.3 Å². The molecule has 0 N–H and O–H groups in total. The molecule has 6 nitrogen and oxygen atoms in total. The molecule has 3 rings (SSSR count). The van der Waals surface area contributed by atoms with Gasteiger partial charge in [0.05, 0.1) is 15.6 Å². The molecule has 7 heteroatoms. The molecule has 1 aliphatic rings. The van der Waals surface area contributed by atoms with Gasteiger partial charge in [0.1, 0.15) is 0 Å². The molecular formula is C15H15N3O3S. The lowest BCUT2D eigenvalue weighted by Gasteiger charge is -2.13. The van der Waals surface area contributed by atoms with Crippen LogP contribution in [0.5, 0.6) is 0 Å². The van der Waals surface area contributed by atoms with Crippen LogP contribution in [0.2, 0.25) is 0 Å². The fourth-order valence-electron chi connectivity index (χ4n) is 2.48. The van der Waals surface area contributed by atoms with Gasteiger partial charge in [-0.1, -0.05) is 0 Å². The number of non-ortho nitro benzene ring substituents is 1. The number of rotatable bonds is 5. The third-order valence-corrected chi connectivity index (χ3v) is 4.60. The average Bonchev–Trinajstić information content (AvgIpc) is 3.14. The van der Waals surface area contributed by atoms with E-state index in [1.54, 1.807) is 23.5 Å². The maximum atomic E-state index is 11.6. The Hall–Kier alpha value is -2.28. The first-order chi connectivity index (χ1) is 10.6. The molecule has 1 fully saturated rings. The molecule has 2 heterocycles. The molecule has 1 saturated heterocycles. The number of nitro benzene ring substituents is 1. The zero-order valence-electron chi connectivity index (χ0n) is 11.9. The van der Waals surface area contributed by atoms with Crippen LogP contribution in [-0.2, 0) is 11.2 Å². The van der Waals surface area contributed by atoms with Crippen LogP contribution in [0.1, 0.15) is 17.8 Å². The van der Waals surface area contributed by atoms with Crippen molar-refractivity contribution in [1.29, 1.82) is 0 Å². The highest BCUT2D eigenvalue weighted by Gasteiger charge is 2.19. The van der Waals surface area contributed by atoms with Crippen molar-refractivity contribution in [2.75, 3.05) is 13.1 Å². The Balaban J connectivity index is 1.65. The molecule has 1 amide bonds. The highest BCUT2D eigenvalue weighted by atomic mass is 32.1. The molecule has 2 aromatic rings. The molecule has 0 unspecified atom stereocenters. The van der Waals surface area contributed by atoms with Gasteiger partial charge in [-0.15, -0.1) is 11.3 Å². The first-order valence-corrected chi connectivity index (χ1v) is 7.98. The number of thiazole rings is 1. The second-order valence-electron chi connectivity index (χ2n) is 5.16. The topological polar surface area (TPSA) is 76.3 Å². The van der Waals surface area contributed by atoms with Crippen molar-refractivity contribution in [3.63, 3.8) is 0 Å². The third kappa shape index (κ3) is 3.14. The Bertz CT molecular complexity index is 696. The first-order valence-electron chi connectivity index (χ1n) is 7.10. The monoisotopic (exact) mass is 317 g/mol. The van der Waals surface area contributed by atoms with Crippen LogP contribution in [0.15, 0.2) is 29.6 Å². The molecule has 0 bridgehead atoms. The number of nitrogens with zero attached hydrogens (tertiary/aromatic N) is 3. The van der Waals surface area contributed by atoms with E-state index in [0.717, 1.165) is 35.7 Å². The summed E-state index contributed by atoms with van der Waals surface area (Å²) in [4.78, 5) is 28.2. The Kier molecular flexibility index (Phi) is 4.15. The lowest BCUT2D eigenvalue weighted by Crippen LogP contribution is -2.26. The number of hydrogen-bond donors (Lipinski definition) is 0. The summed E-state index contributed by atoms with van der Waals surface area (Å²) in [6.07, 6.45) is 2.36. The van der Waals surface area contributed by atoms with Gasteiger partial charge in [0.25, 0.3) is 5.69 Å². The molecule has 22 heavy (non-hydrogen) atoms. The molecular weight excluding hydrogens is 302 g/mol. The van der Waals surface area contributed by atoms with Crippen LogP contribution >= 0.6 is 11.3 Å². The molecule has 0 saturated carbocycles. The molecule has 0 aliphatic carbocycles. The van der Waals surface area contributed by atoms with E-state index in [9.17, 15) is 14.9 Å². The van der Waals surface area contributed by atoms with Gasteiger partial charge < -0.3 is 4.90 Å². The quantitative estimate of drug-likeness (QED) is 0.627. The summed E-state index contributed by atoms with van der Waals surface area (Å²) in [6, 6.07) is 6.39. The number of nitro groups is 1. The van der Waals surface area contributed by atoms with Crippen LogP contribution in [0.25, 0.3) is 11.3 Å². The van der Waals surface area contributed by atoms with Gasteiger partial charge in [-0.3, -0.25) is 14.9 Å². The van der Waals surface area contributed by atoms with Crippen molar-refractivity contribution in [2.24, 2.45) is 0 Å². The molecule has 0 radical (unpaired) electrons. The number of hydrogen-bond acceptors (Lipinski definition) is 5. The van der Waals surface area contributed by atoms with Crippen molar-refractivity contribution in [3.8, 4) is 11.3 Å². The SMILES string of the molecule is O=C1CCCN1CCc1nc(-c2ccc([N+](=O)[O-])cc2)cs1. The van der Waals surface area contributed by atoms with E-state index in [1.807, 2.05) is 10.3 Å². The van der Waals surface area contributed by atoms with Crippen LogP contribution in [0.4, 0.5) is 5.69 Å². The number of carbonyl (C=O) groups excluding carboxylic acids is 1. The van der Waals surface area contributed by atoms with E-state index < -0.39 is 4.92 Å². The summed E-state index contributed by atoms with van der Waals surface area (Å²) < 4.78 is 0.